The molecule has 0 aromatic carbocycles. The molecule has 2 heterocycles. The van der Waals surface area contributed by atoms with Gasteiger partial charge in [-0.15, -0.1) is 0 Å². The van der Waals surface area contributed by atoms with Gasteiger partial charge in [-0.3, -0.25) is 4.98 Å². The molecule has 2 aromatic heterocycles. The standard InChI is InChI=1S/C12H12N2O3/c1-8-2-3-9(6-13-8)14-7-10-4-5-11(17-10)12(15)16/h2-6,14H,7H2,1H3,(H,15,16). The van der Waals surface area contributed by atoms with Gasteiger partial charge in [-0.2, -0.15) is 0 Å². The summed E-state index contributed by atoms with van der Waals surface area (Å²) in [5.74, 6) is -0.542. The van der Waals surface area contributed by atoms with Gasteiger partial charge in [-0.1, -0.05) is 0 Å². The van der Waals surface area contributed by atoms with Crippen LogP contribution >= 0.6 is 0 Å². The monoisotopic (exact) mass is 232 g/mol. The van der Waals surface area contributed by atoms with Crippen LogP contribution in [0, 0.1) is 6.92 Å². The van der Waals surface area contributed by atoms with E-state index < -0.39 is 5.97 Å². The topological polar surface area (TPSA) is 75.4 Å². The predicted molar refractivity (Wildman–Crippen MR) is 62.0 cm³/mol. The van der Waals surface area contributed by atoms with E-state index in [1.54, 1.807) is 12.3 Å². The van der Waals surface area contributed by atoms with Gasteiger partial charge in [0.05, 0.1) is 18.4 Å². The Bertz CT molecular complexity index is 517. The second-order valence-electron chi connectivity index (χ2n) is 3.61. The first-order valence-electron chi connectivity index (χ1n) is 5.13. The van der Waals surface area contributed by atoms with Gasteiger partial charge < -0.3 is 14.8 Å². The van der Waals surface area contributed by atoms with Crippen LogP contribution in [0.3, 0.4) is 0 Å². The maximum atomic E-state index is 10.6. The Balaban J connectivity index is 1.97. The third kappa shape index (κ3) is 2.84. The third-order valence-corrected chi connectivity index (χ3v) is 2.25. The first kappa shape index (κ1) is 11.2. The summed E-state index contributed by atoms with van der Waals surface area (Å²) < 4.78 is 5.11. The van der Waals surface area contributed by atoms with E-state index >= 15 is 0 Å². The van der Waals surface area contributed by atoms with E-state index in [-0.39, 0.29) is 5.76 Å². The number of aryl methyl sites for hydroxylation is 1. The van der Waals surface area contributed by atoms with Crippen LogP contribution in [-0.4, -0.2) is 16.1 Å². The molecule has 0 unspecified atom stereocenters. The zero-order valence-corrected chi connectivity index (χ0v) is 9.30. The number of hydrogen-bond donors (Lipinski definition) is 2. The number of furan rings is 1. The average Bonchev–Trinajstić information content (AvgIpc) is 2.77. The van der Waals surface area contributed by atoms with E-state index in [0.29, 0.717) is 12.3 Å². The van der Waals surface area contributed by atoms with Gasteiger partial charge in [0, 0.05) is 5.69 Å². The number of hydrogen-bond acceptors (Lipinski definition) is 4. The van der Waals surface area contributed by atoms with E-state index in [0.717, 1.165) is 11.4 Å². The van der Waals surface area contributed by atoms with Crippen LogP contribution in [-0.2, 0) is 6.54 Å². The Morgan fingerprint density at radius 2 is 2.24 bits per heavy atom. The second-order valence-corrected chi connectivity index (χ2v) is 3.61. The first-order valence-corrected chi connectivity index (χ1v) is 5.13. The van der Waals surface area contributed by atoms with Crippen molar-refractivity contribution in [3.8, 4) is 0 Å². The molecule has 0 aliphatic rings. The van der Waals surface area contributed by atoms with Gasteiger partial charge in [0.2, 0.25) is 5.76 Å². The molecule has 0 saturated carbocycles. The lowest BCUT2D eigenvalue weighted by molar-refractivity contribution is 0.0660. The molecule has 2 aromatic rings. The Labute approximate surface area is 98.1 Å². The normalized spacial score (nSPS) is 10.2. The van der Waals surface area contributed by atoms with E-state index in [1.807, 2.05) is 19.1 Å². The smallest absolute Gasteiger partial charge is 0.371 e. The van der Waals surface area contributed by atoms with Crippen molar-refractivity contribution in [2.45, 2.75) is 13.5 Å². The molecular weight excluding hydrogens is 220 g/mol. The van der Waals surface area contributed by atoms with E-state index in [2.05, 4.69) is 10.3 Å². The van der Waals surface area contributed by atoms with Gasteiger partial charge >= 0.3 is 5.97 Å². The Kier molecular flexibility index (Phi) is 3.09. The van der Waals surface area contributed by atoms with Crippen molar-refractivity contribution in [2.24, 2.45) is 0 Å². The van der Waals surface area contributed by atoms with Crippen molar-refractivity contribution < 1.29 is 14.3 Å². The third-order valence-electron chi connectivity index (χ3n) is 2.25. The van der Waals surface area contributed by atoms with Crippen molar-refractivity contribution in [3.63, 3.8) is 0 Å². The van der Waals surface area contributed by atoms with Crippen LogP contribution < -0.4 is 5.32 Å². The molecule has 0 saturated heterocycles. The molecule has 2 rings (SSSR count). The van der Waals surface area contributed by atoms with E-state index in [4.69, 9.17) is 9.52 Å². The fourth-order valence-electron chi connectivity index (χ4n) is 1.35. The van der Waals surface area contributed by atoms with Crippen molar-refractivity contribution in [1.29, 1.82) is 0 Å². The Morgan fingerprint density at radius 1 is 1.41 bits per heavy atom. The number of aromatic carboxylic acids is 1. The zero-order valence-electron chi connectivity index (χ0n) is 9.30. The molecule has 0 amide bonds. The highest BCUT2D eigenvalue weighted by molar-refractivity contribution is 5.84. The molecule has 0 aliphatic carbocycles. The summed E-state index contributed by atoms with van der Waals surface area (Å²) in [6.45, 7) is 2.34. The molecular formula is C12H12N2O3. The minimum Gasteiger partial charge on any atom is -0.475 e. The Hall–Kier alpha value is -2.30. The molecule has 0 fully saturated rings. The lowest BCUT2D eigenvalue weighted by atomic mass is 10.3. The predicted octanol–water partition coefficient (Wildman–Crippen LogP) is 2.29. The van der Waals surface area contributed by atoms with Crippen LogP contribution in [0.2, 0.25) is 0 Å². The summed E-state index contributed by atoms with van der Waals surface area (Å²) in [4.78, 5) is 14.7. The van der Waals surface area contributed by atoms with E-state index in [9.17, 15) is 4.79 Å². The van der Waals surface area contributed by atoms with Crippen LogP contribution in [0.25, 0.3) is 0 Å². The fraction of sp³-hybridized carbons (Fsp3) is 0.167. The van der Waals surface area contributed by atoms with Gasteiger partial charge in [-0.05, 0) is 31.2 Å². The Morgan fingerprint density at radius 3 is 2.82 bits per heavy atom. The summed E-state index contributed by atoms with van der Waals surface area (Å²) in [5, 5.41) is 11.8. The quantitative estimate of drug-likeness (QED) is 0.845. The number of carboxylic acids is 1. The maximum absolute atomic E-state index is 10.6. The summed E-state index contributed by atoms with van der Waals surface area (Å²) >= 11 is 0. The summed E-state index contributed by atoms with van der Waals surface area (Å²) in [7, 11) is 0. The summed E-state index contributed by atoms with van der Waals surface area (Å²) in [6, 6.07) is 6.88. The number of carboxylic acid groups (broad SMARTS) is 1. The van der Waals surface area contributed by atoms with Gasteiger partial charge in [0.15, 0.2) is 0 Å². The number of nitrogens with one attached hydrogen (secondary N) is 1. The highest BCUT2D eigenvalue weighted by Gasteiger charge is 2.08. The van der Waals surface area contributed by atoms with E-state index in [1.165, 1.54) is 6.07 Å². The second kappa shape index (κ2) is 4.69. The van der Waals surface area contributed by atoms with Gasteiger partial charge in [-0.25, -0.2) is 4.79 Å². The van der Waals surface area contributed by atoms with Gasteiger partial charge in [0.1, 0.15) is 5.76 Å². The molecule has 0 aliphatic heterocycles. The minimum absolute atomic E-state index is 0.0520. The van der Waals surface area contributed by atoms with Crippen molar-refractivity contribution >= 4 is 11.7 Å². The summed E-state index contributed by atoms with van der Waals surface area (Å²) in [6.07, 6.45) is 1.72. The number of nitrogens with zero attached hydrogens (tertiary/aromatic N) is 1. The van der Waals surface area contributed by atoms with Crippen molar-refractivity contribution in [1.82, 2.24) is 4.98 Å². The molecule has 2 N–H and O–H groups in total. The van der Waals surface area contributed by atoms with Crippen molar-refractivity contribution in [2.75, 3.05) is 5.32 Å². The minimum atomic E-state index is -1.06. The number of anilines is 1. The van der Waals surface area contributed by atoms with Crippen LogP contribution in [0.5, 0.6) is 0 Å². The molecule has 5 heteroatoms. The number of aromatic nitrogens is 1. The molecule has 17 heavy (non-hydrogen) atoms. The highest BCUT2D eigenvalue weighted by atomic mass is 16.4. The summed E-state index contributed by atoms with van der Waals surface area (Å²) in [5.41, 5.74) is 1.81. The largest absolute Gasteiger partial charge is 0.475 e. The fourth-order valence-corrected chi connectivity index (χ4v) is 1.35. The molecule has 0 atom stereocenters. The number of carbonyl (C=O) groups is 1. The lowest BCUT2D eigenvalue weighted by Gasteiger charge is -2.03. The SMILES string of the molecule is Cc1ccc(NCc2ccc(C(=O)O)o2)cn1. The molecule has 0 radical (unpaired) electrons. The highest BCUT2D eigenvalue weighted by Crippen LogP contribution is 2.11. The van der Waals surface area contributed by atoms with Crippen LogP contribution in [0.15, 0.2) is 34.9 Å². The average molecular weight is 232 g/mol. The number of rotatable bonds is 4. The van der Waals surface area contributed by atoms with Gasteiger partial charge in [0.25, 0.3) is 0 Å². The van der Waals surface area contributed by atoms with Crippen molar-refractivity contribution in [3.05, 3.63) is 47.7 Å². The molecule has 0 bridgehead atoms. The molecule has 0 spiro atoms. The maximum Gasteiger partial charge on any atom is 0.371 e. The van der Waals surface area contributed by atoms with Crippen LogP contribution in [0.1, 0.15) is 22.0 Å². The first-order chi connectivity index (χ1) is 8.15. The van der Waals surface area contributed by atoms with Crippen LogP contribution in [0.4, 0.5) is 5.69 Å². The number of pyridine rings is 1. The molecule has 5 nitrogen and oxygen atoms in total. The molecule has 88 valence electrons. The zero-order chi connectivity index (χ0) is 12.3. The lowest BCUT2D eigenvalue weighted by Crippen LogP contribution is -1.99.